The molecule has 1 aliphatic heterocycles. The molecular weight excluding hydrogens is 270 g/mol. The van der Waals surface area contributed by atoms with Crippen molar-refractivity contribution < 1.29 is 8.42 Å². The predicted octanol–water partition coefficient (Wildman–Crippen LogP) is 0.480. The van der Waals surface area contributed by atoms with Crippen molar-refractivity contribution >= 4 is 27.6 Å². The zero-order valence-electron chi connectivity index (χ0n) is 11.5. The van der Waals surface area contributed by atoms with Crippen molar-refractivity contribution in [1.82, 2.24) is 10.6 Å². The van der Waals surface area contributed by atoms with Crippen LogP contribution < -0.4 is 10.6 Å². The van der Waals surface area contributed by atoms with Gasteiger partial charge in [-0.15, -0.1) is 0 Å². The summed E-state index contributed by atoms with van der Waals surface area (Å²) in [5.41, 5.74) is 0. The fraction of sp³-hybridized carbons (Fsp3) is 0.909. The van der Waals surface area contributed by atoms with E-state index in [4.69, 9.17) is 0 Å². The smallest absolute Gasteiger partial charge is 0.191 e. The minimum Gasteiger partial charge on any atom is -0.355 e. The monoisotopic (exact) mass is 293 g/mol. The van der Waals surface area contributed by atoms with Crippen molar-refractivity contribution in [3.8, 4) is 0 Å². The van der Waals surface area contributed by atoms with Crippen LogP contribution in [0.5, 0.6) is 0 Å². The zero-order valence-corrected chi connectivity index (χ0v) is 13.1. The van der Waals surface area contributed by atoms with Gasteiger partial charge in [-0.1, -0.05) is 0 Å². The SMILES string of the molecule is CN=C(NCC(C)(C)SC)NC1CCS(=O)(=O)C1. The highest BCUT2D eigenvalue weighted by Gasteiger charge is 2.28. The van der Waals surface area contributed by atoms with Crippen molar-refractivity contribution in [3.05, 3.63) is 0 Å². The molecule has 0 spiro atoms. The van der Waals surface area contributed by atoms with E-state index in [0.717, 1.165) is 6.54 Å². The van der Waals surface area contributed by atoms with E-state index >= 15 is 0 Å². The Morgan fingerprint density at radius 2 is 2.17 bits per heavy atom. The standard InChI is InChI=1S/C11H23N3O2S2/c1-11(2,17-4)8-13-10(12-3)14-9-5-6-18(15,16)7-9/h9H,5-8H2,1-4H3,(H2,12,13,14). The lowest BCUT2D eigenvalue weighted by Crippen LogP contribution is -2.47. The van der Waals surface area contributed by atoms with Gasteiger partial charge in [-0.3, -0.25) is 4.99 Å². The fourth-order valence-electron chi connectivity index (χ4n) is 1.67. The minimum absolute atomic E-state index is 0.0152. The van der Waals surface area contributed by atoms with Gasteiger partial charge in [0.2, 0.25) is 0 Å². The summed E-state index contributed by atoms with van der Waals surface area (Å²) < 4.78 is 22.9. The van der Waals surface area contributed by atoms with Gasteiger partial charge in [-0.25, -0.2) is 8.42 Å². The average Bonchev–Trinajstić information content (AvgIpc) is 2.64. The lowest BCUT2D eigenvalue weighted by molar-refractivity contribution is 0.598. The molecule has 0 radical (unpaired) electrons. The number of nitrogens with zero attached hydrogens (tertiary/aromatic N) is 1. The number of guanidine groups is 1. The molecular formula is C11H23N3O2S2. The first kappa shape index (κ1) is 15.6. The van der Waals surface area contributed by atoms with Gasteiger partial charge in [0.1, 0.15) is 0 Å². The summed E-state index contributed by atoms with van der Waals surface area (Å²) in [4.78, 5) is 4.13. The van der Waals surface area contributed by atoms with Crippen molar-refractivity contribution in [3.63, 3.8) is 0 Å². The lowest BCUT2D eigenvalue weighted by Gasteiger charge is -2.24. The van der Waals surface area contributed by atoms with Gasteiger partial charge < -0.3 is 10.6 Å². The van der Waals surface area contributed by atoms with Crippen LogP contribution in [-0.4, -0.2) is 56.5 Å². The first-order chi connectivity index (χ1) is 8.28. The maximum absolute atomic E-state index is 11.4. The Kier molecular flexibility index (Phi) is 5.33. The number of hydrogen-bond acceptors (Lipinski definition) is 4. The van der Waals surface area contributed by atoms with Crippen molar-refractivity contribution in [2.24, 2.45) is 4.99 Å². The van der Waals surface area contributed by atoms with E-state index in [1.54, 1.807) is 18.8 Å². The largest absolute Gasteiger partial charge is 0.355 e. The molecule has 1 atom stereocenters. The van der Waals surface area contributed by atoms with Gasteiger partial charge in [0.15, 0.2) is 15.8 Å². The molecule has 1 heterocycles. The molecule has 0 saturated carbocycles. The van der Waals surface area contributed by atoms with Crippen LogP contribution in [0.3, 0.4) is 0 Å². The molecule has 0 aromatic heterocycles. The van der Waals surface area contributed by atoms with E-state index in [-0.39, 0.29) is 22.3 Å². The second-order valence-corrected chi connectivity index (χ2v) is 8.88. The van der Waals surface area contributed by atoms with Gasteiger partial charge in [0, 0.05) is 24.4 Å². The summed E-state index contributed by atoms with van der Waals surface area (Å²) in [6.07, 6.45) is 2.73. The number of sulfone groups is 1. The average molecular weight is 293 g/mol. The van der Waals surface area contributed by atoms with E-state index in [1.807, 2.05) is 0 Å². The van der Waals surface area contributed by atoms with Gasteiger partial charge in [0.25, 0.3) is 0 Å². The minimum atomic E-state index is -2.85. The summed E-state index contributed by atoms with van der Waals surface area (Å²) in [5.74, 6) is 1.16. The number of rotatable bonds is 4. The Hall–Kier alpha value is -0.430. The Morgan fingerprint density at radius 1 is 1.50 bits per heavy atom. The van der Waals surface area contributed by atoms with Crippen LogP contribution in [0.4, 0.5) is 0 Å². The number of hydrogen-bond donors (Lipinski definition) is 2. The van der Waals surface area contributed by atoms with Crippen molar-refractivity contribution in [2.45, 2.75) is 31.1 Å². The molecule has 106 valence electrons. The predicted molar refractivity (Wildman–Crippen MR) is 79.2 cm³/mol. The van der Waals surface area contributed by atoms with Crippen LogP contribution >= 0.6 is 11.8 Å². The molecule has 0 aliphatic carbocycles. The zero-order chi connectivity index (χ0) is 13.8. The van der Waals surface area contributed by atoms with E-state index in [9.17, 15) is 8.42 Å². The van der Waals surface area contributed by atoms with Crippen LogP contribution in [0.15, 0.2) is 4.99 Å². The van der Waals surface area contributed by atoms with Crippen LogP contribution in [0.1, 0.15) is 20.3 Å². The molecule has 7 heteroatoms. The van der Waals surface area contributed by atoms with Crippen molar-refractivity contribution in [2.75, 3.05) is 31.4 Å². The van der Waals surface area contributed by atoms with Gasteiger partial charge in [-0.05, 0) is 26.5 Å². The molecule has 1 saturated heterocycles. The lowest BCUT2D eigenvalue weighted by atomic mass is 10.2. The van der Waals surface area contributed by atoms with E-state index in [0.29, 0.717) is 12.4 Å². The second kappa shape index (κ2) is 6.14. The summed E-state index contributed by atoms with van der Waals surface area (Å²) in [6, 6.07) is -0.0152. The van der Waals surface area contributed by atoms with Crippen molar-refractivity contribution in [1.29, 1.82) is 0 Å². The first-order valence-corrected chi connectivity index (χ1v) is 9.05. The molecule has 1 unspecified atom stereocenters. The van der Waals surface area contributed by atoms with Crippen LogP contribution in [0.2, 0.25) is 0 Å². The number of nitrogens with one attached hydrogen (secondary N) is 2. The van der Waals surface area contributed by atoms with E-state index in [1.165, 1.54) is 0 Å². The maximum Gasteiger partial charge on any atom is 0.191 e. The fourth-order valence-corrected chi connectivity index (χ4v) is 3.56. The quantitative estimate of drug-likeness (QED) is 0.583. The molecule has 2 N–H and O–H groups in total. The Bertz CT molecular complexity index is 405. The number of aliphatic imine (C=N–C) groups is 1. The third-order valence-electron chi connectivity index (χ3n) is 3.03. The van der Waals surface area contributed by atoms with Gasteiger partial charge in [-0.2, -0.15) is 11.8 Å². The van der Waals surface area contributed by atoms with Gasteiger partial charge >= 0.3 is 0 Å². The third kappa shape index (κ3) is 5.06. The maximum atomic E-state index is 11.4. The molecule has 0 bridgehead atoms. The van der Waals surface area contributed by atoms with Crippen LogP contribution in [0.25, 0.3) is 0 Å². The van der Waals surface area contributed by atoms with Crippen LogP contribution in [0, 0.1) is 0 Å². The molecule has 0 amide bonds. The Labute approximate surface area is 114 Å². The third-order valence-corrected chi connectivity index (χ3v) is 6.05. The second-order valence-electron chi connectivity index (χ2n) is 5.13. The first-order valence-electron chi connectivity index (χ1n) is 6.01. The summed E-state index contributed by atoms with van der Waals surface area (Å²) in [6.45, 7) is 5.09. The summed E-state index contributed by atoms with van der Waals surface area (Å²) >= 11 is 1.78. The topological polar surface area (TPSA) is 70.6 Å². The Morgan fingerprint density at radius 3 is 2.61 bits per heavy atom. The molecule has 0 aromatic carbocycles. The highest BCUT2D eigenvalue weighted by Crippen LogP contribution is 2.19. The molecule has 1 aliphatic rings. The van der Waals surface area contributed by atoms with E-state index < -0.39 is 9.84 Å². The Balaban J connectivity index is 2.45. The molecule has 5 nitrogen and oxygen atoms in total. The highest BCUT2D eigenvalue weighted by molar-refractivity contribution is 7.99. The molecule has 0 aromatic rings. The highest BCUT2D eigenvalue weighted by atomic mass is 32.2. The summed E-state index contributed by atoms with van der Waals surface area (Å²) in [5, 5.41) is 6.41. The molecule has 18 heavy (non-hydrogen) atoms. The number of thioether (sulfide) groups is 1. The summed E-state index contributed by atoms with van der Waals surface area (Å²) in [7, 11) is -1.15. The van der Waals surface area contributed by atoms with E-state index in [2.05, 4.69) is 35.7 Å². The van der Waals surface area contributed by atoms with Gasteiger partial charge in [0.05, 0.1) is 11.5 Å². The molecule has 1 fully saturated rings. The van der Waals surface area contributed by atoms with Crippen LogP contribution in [-0.2, 0) is 9.84 Å². The normalized spacial score (nSPS) is 24.0. The molecule has 1 rings (SSSR count).